The minimum atomic E-state index is -0.445. The van der Waals surface area contributed by atoms with Gasteiger partial charge in [0.15, 0.2) is 0 Å². The average Bonchev–Trinajstić information content (AvgIpc) is 2.32. The Morgan fingerprint density at radius 1 is 1.29 bits per heavy atom. The lowest BCUT2D eigenvalue weighted by atomic mass is 10.0. The zero-order valence-electron chi connectivity index (χ0n) is 10.9. The summed E-state index contributed by atoms with van der Waals surface area (Å²) in [6.45, 7) is 5.15. The number of hydrogen-bond acceptors (Lipinski definition) is 3. The van der Waals surface area contributed by atoms with Crippen molar-refractivity contribution in [2.45, 2.75) is 32.4 Å². The molecule has 0 bridgehead atoms. The Morgan fingerprint density at radius 2 is 1.94 bits per heavy atom. The van der Waals surface area contributed by atoms with Crippen LogP contribution in [0.3, 0.4) is 0 Å². The number of benzene rings is 1. The first kappa shape index (κ1) is 14.2. The summed E-state index contributed by atoms with van der Waals surface area (Å²) in [5.74, 6) is 0. The second kappa shape index (κ2) is 7.43. The van der Waals surface area contributed by atoms with E-state index in [-0.39, 0.29) is 0 Å². The van der Waals surface area contributed by atoms with Crippen molar-refractivity contribution in [1.29, 1.82) is 0 Å². The molecule has 0 aliphatic heterocycles. The Labute approximate surface area is 104 Å². The maximum absolute atomic E-state index is 9.60. The van der Waals surface area contributed by atoms with Gasteiger partial charge in [0.2, 0.25) is 0 Å². The van der Waals surface area contributed by atoms with Crippen LogP contribution in [-0.4, -0.2) is 31.5 Å². The van der Waals surface area contributed by atoms with Gasteiger partial charge in [0.05, 0.1) is 12.7 Å². The second-order valence-electron chi connectivity index (χ2n) is 4.39. The molecule has 2 unspecified atom stereocenters. The topological polar surface area (TPSA) is 41.5 Å². The van der Waals surface area contributed by atoms with E-state index in [1.54, 1.807) is 7.11 Å². The van der Waals surface area contributed by atoms with E-state index in [9.17, 15) is 5.11 Å². The van der Waals surface area contributed by atoms with Crippen molar-refractivity contribution in [3.63, 3.8) is 0 Å². The van der Waals surface area contributed by atoms with E-state index in [1.165, 1.54) is 11.1 Å². The Balaban J connectivity index is 2.51. The van der Waals surface area contributed by atoms with Gasteiger partial charge in [0.25, 0.3) is 0 Å². The summed E-state index contributed by atoms with van der Waals surface area (Å²) in [5.41, 5.74) is 2.53. The predicted octanol–water partition coefficient (Wildman–Crippen LogP) is 2.04. The van der Waals surface area contributed by atoms with E-state index in [1.807, 2.05) is 0 Å². The Kier molecular flexibility index (Phi) is 6.19. The Bertz CT molecular complexity index is 311. The second-order valence-corrected chi connectivity index (χ2v) is 4.39. The van der Waals surface area contributed by atoms with Gasteiger partial charge in [-0.15, -0.1) is 0 Å². The zero-order valence-corrected chi connectivity index (χ0v) is 10.9. The first-order valence-electron chi connectivity index (χ1n) is 6.14. The lowest BCUT2D eigenvalue weighted by Crippen LogP contribution is -2.32. The highest BCUT2D eigenvalue weighted by Gasteiger charge is 2.10. The molecule has 0 spiro atoms. The minimum Gasteiger partial charge on any atom is -0.389 e. The van der Waals surface area contributed by atoms with Crippen LogP contribution in [0.1, 0.15) is 30.5 Å². The summed E-state index contributed by atoms with van der Waals surface area (Å²) < 4.78 is 4.90. The number of hydrogen-bond donors (Lipinski definition) is 2. The fourth-order valence-corrected chi connectivity index (χ4v) is 1.83. The molecule has 96 valence electrons. The van der Waals surface area contributed by atoms with Gasteiger partial charge in [-0.3, -0.25) is 0 Å². The summed E-state index contributed by atoms with van der Waals surface area (Å²) in [4.78, 5) is 0. The third kappa shape index (κ3) is 4.86. The molecule has 0 heterocycles. The van der Waals surface area contributed by atoms with Crippen LogP contribution in [0.25, 0.3) is 0 Å². The van der Waals surface area contributed by atoms with E-state index in [2.05, 4.69) is 43.4 Å². The standard InChI is InChI=1S/C14H23NO2/c1-4-14(15-9-13(16)10-17-3)12-7-5-11(2)6-8-12/h5-8,13-16H,4,9-10H2,1-3H3. The van der Waals surface area contributed by atoms with E-state index >= 15 is 0 Å². The monoisotopic (exact) mass is 237 g/mol. The van der Waals surface area contributed by atoms with Gasteiger partial charge in [-0.2, -0.15) is 0 Å². The molecule has 0 saturated heterocycles. The van der Waals surface area contributed by atoms with Crippen LogP contribution in [0.15, 0.2) is 24.3 Å². The number of ether oxygens (including phenoxy) is 1. The van der Waals surface area contributed by atoms with E-state index in [0.29, 0.717) is 19.2 Å². The van der Waals surface area contributed by atoms with Gasteiger partial charge in [-0.05, 0) is 18.9 Å². The van der Waals surface area contributed by atoms with Gasteiger partial charge < -0.3 is 15.2 Å². The number of aliphatic hydroxyl groups excluding tert-OH is 1. The molecule has 3 nitrogen and oxygen atoms in total. The summed E-state index contributed by atoms with van der Waals surface area (Å²) >= 11 is 0. The van der Waals surface area contributed by atoms with Crippen LogP contribution < -0.4 is 5.32 Å². The van der Waals surface area contributed by atoms with E-state index in [4.69, 9.17) is 4.74 Å². The number of methoxy groups -OCH3 is 1. The molecule has 2 N–H and O–H groups in total. The zero-order chi connectivity index (χ0) is 12.7. The number of nitrogens with one attached hydrogen (secondary N) is 1. The van der Waals surface area contributed by atoms with Crippen LogP contribution >= 0.6 is 0 Å². The number of aliphatic hydroxyl groups is 1. The third-order valence-electron chi connectivity index (χ3n) is 2.85. The molecular weight excluding hydrogens is 214 g/mol. The first-order valence-corrected chi connectivity index (χ1v) is 6.14. The van der Waals surface area contributed by atoms with Gasteiger partial charge >= 0.3 is 0 Å². The third-order valence-corrected chi connectivity index (χ3v) is 2.85. The quantitative estimate of drug-likeness (QED) is 0.762. The van der Waals surface area contributed by atoms with Crippen molar-refractivity contribution in [3.8, 4) is 0 Å². The van der Waals surface area contributed by atoms with Crippen molar-refractivity contribution in [3.05, 3.63) is 35.4 Å². The molecule has 0 saturated carbocycles. The molecule has 0 aromatic heterocycles. The molecule has 2 atom stereocenters. The van der Waals surface area contributed by atoms with E-state index in [0.717, 1.165) is 6.42 Å². The van der Waals surface area contributed by atoms with Gasteiger partial charge in [0.1, 0.15) is 0 Å². The van der Waals surface area contributed by atoms with Gasteiger partial charge in [-0.1, -0.05) is 36.8 Å². The largest absolute Gasteiger partial charge is 0.389 e. The van der Waals surface area contributed by atoms with Crippen LogP contribution in [-0.2, 0) is 4.74 Å². The number of aryl methyl sites for hydroxylation is 1. The fraction of sp³-hybridized carbons (Fsp3) is 0.571. The lowest BCUT2D eigenvalue weighted by molar-refractivity contribution is 0.0626. The smallest absolute Gasteiger partial charge is 0.0897 e. The van der Waals surface area contributed by atoms with Crippen molar-refractivity contribution in [2.75, 3.05) is 20.3 Å². The van der Waals surface area contributed by atoms with Gasteiger partial charge in [-0.25, -0.2) is 0 Å². The summed E-state index contributed by atoms with van der Waals surface area (Å²) in [6.07, 6.45) is 0.558. The van der Waals surface area contributed by atoms with Gasteiger partial charge in [0, 0.05) is 19.7 Å². The SMILES string of the molecule is CCC(NCC(O)COC)c1ccc(C)cc1. The molecule has 0 radical (unpaired) electrons. The molecule has 3 heteroatoms. The van der Waals surface area contributed by atoms with Crippen molar-refractivity contribution in [2.24, 2.45) is 0 Å². The molecule has 17 heavy (non-hydrogen) atoms. The van der Waals surface area contributed by atoms with Crippen LogP contribution in [0.2, 0.25) is 0 Å². The summed E-state index contributed by atoms with van der Waals surface area (Å²) in [7, 11) is 1.60. The number of rotatable bonds is 7. The van der Waals surface area contributed by atoms with Crippen molar-refractivity contribution >= 4 is 0 Å². The average molecular weight is 237 g/mol. The van der Waals surface area contributed by atoms with E-state index < -0.39 is 6.10 Å². The summed E-state index contributed by atoms with van der Waals surface area (Å²) in [5, 5.41) is 13.0. The fourth-order valence-electron chi connectivity index (χ4n) is 1.83. The first-order chi connectivity index (χ1) is 8.17. The Morgan fingerprint density at radius 3 is 2.47 bits per heavy atom. The molecule has 0 aliphatic rings. The molecule has 0 fully saturated rings. The molecule has 0 amide bonds. The lowest BCUT2D eigenvalue weighted by Gasteiger charge is -2.19. The highest BCUT2D eigenvalue weighted by molar-refractivity contribution is 5.24. The molecule has 1 aromatic rings. The summed E-state index contributed by atoms with van der Waals surface area (Å²) in [6, 6.07) is 8.80. The maximum atomic E-state index is 9.60. The van der Waals surface area contributed by atoms with Crippen molar-refractivity contribution < 1.29 is 9.84 Å². The molecule has 1 aromatic carbocycles. The predicted molar refractivity (Wildman–Crippen MR) is 70.1 cm³/mol. The van der Waals surface area contributed by atoms with Crippen LogP contribution in [0, 0.1) is 6.92 Å². The molecule has 0 aliphatic carbocycles. The minimum absolute atomic E-state index is 0.294. The highest BCUT2D eigenvalue weighted by atomic mass is 16.5. The molecular formula is C14H23NO2. The van der Waals surface area contributed by atoms with Crippen LogP contribution in [0.5, 0.6) is 0 Å². The van der Waals surface area contributed by atoms with Crippen LogP contribution in [0.4, 0.5) is 0 Å². The normalized spacial score (nSPS) is 14.6. The Hall–Kier alpha value is -0.900. The molecule has 1 rings (SSSR count). The maximum Gasteiger partial charge on any atom is 0.0897 e. The van der Waals surface area contributed by atoms with Crippen molar-refractivity contribution in [1.82, 2.24) is 5.32 Å². The highest BCUT2D eigenvalue weighted by Crippen LogP contribution is 2.16.